The Morgan fingerprint density at radius 1 is 1.32 bits per heavy atom. The largest absolute Gasteiger partial charge is 0.506 e. The van der Waals surface area contributed by atoms with Crippen LogP contribution in [0.1, 0.15) is 44.9 Å². The highest BCUT2D eigenvalue weighted by Gasteiger charge is 2.15. The molecule has 0 bridgehead atoms. The van der Waals surface area contributed by atoms with E-state index in [1.165, 1.54) is 38.2 Å². The zero-order valence-corrected chi connectivity index (χ0v) is 11.7. The molecule has 2 N–H and O–H groups in total. The van der Waals surface area contributed by atoms with E-state index in [0.717, 1.165) is 6.42 Å². The minimum Gasteiger partial charge on any atom is -0.506 e. The maximum Gasteiger partial charge on any atom is 0.224 e. The minimum atomic E-state index is -0.0526. The fraction of sp³-hybridized carbons (Fsp3) is 0.533. The minimum absolute atomic E-state index is 0.0513. The van der Waals surface area contributed by atoms with Crippen molar-refractivity contribution in [2.75, 3.05) is 5.32 Å². The molecule has 2 rings (SSSR count). The molecule has 0 spiro atoms. The lowest BCUT2D eigenvalue weighted by Gasteiger charge is -2.21. The van der Waals surface area contributed by atoms with E-state index in [0.29, 0.717) is 23.0 Å². The predicted molar refractivity (Wildman–Crippen MR) is 77.6 cm³/mol. The van der Waals surface area contributed by atoms with Crippen LogP contribution in [0.15, 0.2) is 18.2 Å². The van der Waals surface area contributed by atoms with Crippen LogP contribution in [-0.2, 0) is 4.79 Å². The number of hydrogen-bond acceptors (Lipinski definition) is 2. The topological polar surface area (TPSA) is 49.3 Å². The average Bonchev–Trinajstić information content (AvgIpc) is 2.42. The lowest BCUT2D eigenvalue weighted by molar-refractivity contribution is -0.116. The van der Waals surface area contributed by atoms with Gasteiger partial charge in [-0.1, -0.05) is 43.7 Å². The van der Waals surface area contributed by atoms with Gasteiger partial charge < -0.3 is 10.4 Å². The molecule has 0 unspecified atom stereocenters. The number of hydrogen-bond donors (Lipinski definition) is 2. The zero-order chi connectivity index (χ0) is 13.7. The standard InChI is InChI=1S/C15H20ClNO2/c16-12-7-8-14(18)13(10-12)17-15(19)9-6-11-4-2-1-3-5-11/h7-8,10-11,18H,1-6,9H2,(H,17,19). The van der Waals surface area contributed by atoms with Crippen molar-refractivity contribution < 1.29 is 9.90 Å². The Morgan fingerprint density at radius 2 is 2.05 bits per heavy atom. The van der Waals surface area contributed by atoms with Gasteiger partial charge in [-0.05, 0) is 30.5 Å². The van der Waals surface area contributed by atoms with Crippen LogP contribution in [0, 0.1) is 5.92 Å². The number of carbonyl (C=O) groups is 1. The highest BCUT2D eigenvalue weighted by Crippen LogP contribution is 2.29. The number of halogens is 1. The number of rotatable bonds is 4. The normalized spacial score (nSPS) is 16.3. The van der Waals surface area contributed by atoms with Gasteiger partial charge in [0.2, 0.25) is 5.91 Å². The molecular formula is C15H20ClNO2. The molecule has 0 aromatic heterocycles. The molecule has 1 amide bonds. The van der Waals surface area contributed by atoms with E-state index in [1.807, 2.05) is 0 Å². The van der Waals surface area contributed by atoms with Crippen LogP contribution >= 0.6 is 11.6 Å². The van der Waals surface area contributed by atoms with Crippen molar-refractivity contribution in [1.82, 2.24) is 0 Å². The molecule has 0 atom stereocenters. The number of amides is 1. The number of nitrogens with one attached hydrogen (secondary N) is 1. The first-order valence-electron chi connectivity index (χ1n) is 6.93. The van der Waals surface area contributed by atoms with Crippen molar-refractivity contribution in [1.29, 1.82) is 0 Å². The van der Waals surface area contributed by atoms with Gasteiger partial charge in [0.15, 0.2) is 0 Å². The van der Waals surface area contributed by atoms with Crippen LogP contribution < -0.4 is 5.32 Å². The van der Waals surface area contributed by atoms with Crippen molar-refractivity contribution in [3.8, 4) is 5.75 Å². The van der Waals surface area contributed by atoms with E-state index in [4.69, 9.17) is 11.6 Å². The van der Waals surface area contributed by atoms with Gasteiger partial charge in [-0.15, -0.1) is 0 Å². The van der Waals surface area contributed by atoms with Gasteiger partial charge in [0.1, 0.15) is 5.75 Å². The van der Waals surface area contributed by atoms with E-state index >= 15 is 0 Å². The molecule has 1 aliphatic carbocycles. The smallest absolute Gasteiger partial charge is 0.224 e. The fourth-order valence-electron chi connectivity index (χ4n) is 2.63. The van der Waals surface area contributed by atoms with Crippen molar-refractivity contribution in [3.05, 3.63) is 23.2 Å². The maximum atomic E-state index is 11.9. The average molecular weight is 282 g/mol. The summed E-state index contributed by atoms with van der Waals surface area (Å²) >= 11 is 5.84. The summed E-state index contributed by atoms with van der Waals surface area (Å²) in [5.74, 6) is 0.686. The van der Waals surface area contributed by atoms with Crippen LogP contribution in [0.5, 0.6) is 5.75 Å². The first-order valence-corrected chi connectivity index (χ1v) is 7.31. The maximum absolute atomic E-state index is 11.9. The summed E-state index contributed by atoms with van der Waals surface area (Å²) in [7, 11) is 0. The number of phenols is 1. The summed E-state index contributed by atoms with van der Waals surface area (Å²) in [6.07, 6.45) is 7.86. The summed E-state index contributed by atoms with van der Waals surface area (Å²) in [4.78, 5) is 11.9. The van der Waals surface area contributed by atoms with Crippen molar-refractivity contribution in [2.45, 2.75) is 44.9 Å². The Morgan fingerprint density at radius 3 is 2.79 bits per heavy atom. The van der Waals surface area contributed by atoms with Crippen molar-refractivity contribution >= 4 is 23.2 Å². The molecule has 0 saturated heterocycles. The number of anilines is 1. The van der Waals surface area contributed by atoms with E-state index in [1.54, 1.807) is 12.1 Å². The summed E-state index contributed by atoms with van der Waals surface area (Å²) in [5.41, 5.74) is 0.390. The van der Waals surface area contributed by atoms with Crippen LogP contribution in [-0.4, -0.2) is 11.0 Å². The summed E-state index contributed by atoms with van der Waals surface area (Å²) in [6.45, 7) is 0. The molecule has 0 radical (unpaired) electrons. The quantitative estimate of drug-likeness (QED) is 0.806. The monoisotopic (exact) mass is 281 g/mol. The Bertz CT molecular complexity index is 442. The van der Waals surface area contributed by atoms with E-state index in [9.17, 15) is 9.90 Å². The molecule has 0 aliphatic heterocycles. The SMILES string of the molecule is O=C(CCC1CCCCC1)Nc1cc(Cl)ccc1O. The van der Waals surface area contributed by atoms with Gasteiger partial charge in [-0.3, -0.25) is 4.79 Å². The third-order valence-corrected chi connectivity index (χ3v) is 3.97. The summed E-state index contributed by atoms with van der Waals surface area (Å²) < 4.78 is 0. The first kappa shape index (κ1) is 14.2. The Kier molecular flexibility index (Phi) is 5.08. The second-order valence-electron chi connectivity index (χ2n) is 5.25. The lowest BCUT2D eigenvalue weighted by Crippen LogP contribution is -2.14. The molecule has 1 aromatic carbocycles. The van der Waals surface area contributed by atoms with Crippen molar-refractivity contribution in [2.24, 2.45) is 5.92 Å². The zero-order valence-electron chi connectivity index (χ0n) is 11.0. The third kappa shape index (κ3) is 4.43. The summed E-state index contributed by atoms with van der Waals surface area (Å²) in [5, 5.41) is 12.8. The van der Waals surface area contributed by atoms with Crippen LogP contribution in [0.4, 0.5) is 5.69 Å². The van der Waals surface area contributed by atoms with E-state index < -0.39 is 0 Å². The number of benzene rings is 1. The molecule has 3 nitrogen and oxygen atoms in total. The molecule has 104 valence electrons. The number of aromatic hydroxyl groups is 1. The van der Waals surface area contributed by atoms with Gasteiger partial charge in [0.25, 0.3) is 0 Å². The Balaban J connectivity index is 1.81. The van der Waals surface area contributed by atoms with Gasteiger partial charge in [-0.25, -0.2) is 0 Å². The molecule has 19 heavy (non-hydrogen) atoms. The van der Waals surface area contributed by atoms with Gasteiger partial charge in [0, 0.05) is 11.4 Å². The molecule has 4 heteroatoms. The molecule has 1 aromatic rings. The van der Waals surface area contributed by atoms with Crippen LogP contribution in [0.2, 0.25) is 5.02 Å². The molecular weight excluding hydrogens is 262 g/mol. The van der Waals surface area contributed by atoms with E-state index in [-0.39, 0.29) is 11.7 Å². The Labute approximate surface area is 119 Å². The number of carbonyl (C=O) groups excluding carboxylic acids is 1. The Hall–Kier alpha value is -1.22. The molecule has 0 heterocycles. The first-order chi connectivity index (χ1) is 9.15. The molecule has 1 aliphatic rings. The molecule has 1 saturated carbocycles. The molecule has 1 fully saturated rings. The fourth-order valence-corrected chi connectivity index (χ4v) is 2.80. The van der Waals surface area contributed by atoms with Gasteiger partial charge in [0.05, 0.1) is 5.69 Å². The second kappa shape index (κ2) is 6.80. The third-order valence-electron chi connectivity index (χ3n) is 3.74. The van der Waals surface area contributed by atoms with Crippen LogP contribution in [0.3, 0.4) is 0 Å². The highest BCUT2D eigenvalue weighted by molar-refractivity contribution is 6.31. The van der Waals surface area contributed by atoms with E-state index in [2.05, 4.69) is 5.32 Å². The lowest BCUT2D eigenvalue weighted by atomic mass is 9.86. The predicted octanol–water partition coefficient (Wildman–Crippen LogP) is 4.34. The van der Waals surface area contributed by atoms with Gasteiger partial charge in [-0.2, -0.15) is 0 Å². The van der Waals surface area contributed by atoms with Gasteiger partial charge >= 0.3 is 0 Å². The van der Waals surface area contributed by atoms with Crippen LogP contribution in [0.25, 0.3) is 0 Å². The summed E-state index contributed by atoms with van der Waals surface area (Å²) in [6, 6.07) is 4.64. The second-order valence-corrected chi connectivity index (χ2v) is 5.69. The highest BCUT2D eigenvalue weighted by atomic mass is 35.5. The van der Waals surface area contributed by atoms with Crippen molar-refractivity contribution in [3.63, 3.8) is 0 Å². The number of phenolic OH excluding ortho intramolecular Hbond substituents is 1.